The summed E-state index contributed by atoms with van der Waals surface area (Å²) in [6.45, 7) is 1.57. The Balaban J connectivity index is 2.23. The van der Waals surface area contributed by atoms with Crippen molar-refractivity contribution in [3.8, 4) is 6.07 Å². The van der Waals surface area contributed by atoms with Gasteiger partial charge in [-0.25, -0.2) is 0 Å². The van der Waals surface area contributed by atoms with Crippen molar-refractivity contribution in [2.24, 2.45) is 0 Å². The first-order valence-corrected chi connectivity index (χ1v) is 6.39. The van der Waals surface area contributed by atoms with Crippen molar-refractivity contribution in [3.05, 3.63) is 29.8 Å². The molecule has 3 nitrogen and oxygen atoms in total. The molecule has 0 aromatic heterocycles. The fourth-order valence-corrected chi connectivity index (χ4v) is 2.77. The van der Waals surface area contributed by atoms with Crippen molar-refractivity contribution in [2.75, 3.05) is 29.5 Å². The second kappa shape index (κ2) is 4.45. The number of hydrogen-bond acceptors (Lipinski definition) is 3. The highest BCUT2D eigenvalue weighted by Gasteiger charge is 2.17. The third-order valence-corrected chi connectivity index (χ3v) is 3.82. The lowest BCUT2D eigenvalue weighted by Crippen LogP contribution is -2.38. The predicted octanol–water partition coefficient (Wildman–Crippen LogP) is 1.13. The van der Waals surface area contributed by atoms with Gasteiger partial charge in [-0.3, -0.25) is 4.21 Å². The summed E-state index contributed by atoms with van der Waals surface area (Å²) in [6.07, 6.45) is 0. The molecule has 2 rings (SSSR count). The summed E-state index contributed by atoms with van der Waals surface area (Å²) in [5, 5.41) is 8.96. The van der Waals surface area contributed by atoms with Crippen molar-refractivity contribution in [1.29, 1.82) is 5.26 Å². The van der Waals surface area contributed by atoms with Gasteiger partial charge in [0.2, 0.25) is 0 Å². The molecule has 0 saturated carbocycles. The van der Waals surface area contributed by atoms with Crippen molar-refractivity contribution in [2.45, 2.75) is 0 Å². The van der Waals surface area contributed by atoms with E-state index in [4.69, 9.17) is 5.26 Å². The van der Waals surface area contributed by atoms with Crippen LogP contribution in [0.1, 0.15) is 5.56 Å². The van der Waals surface area contributed by atoms with Crippen LogP contribution < -0.4 is 4.90 Å². The summed E-state index contributed by atoms with van der Waals surface area (Å²) in [5.74, 6) is 1.42. The summed E-state index contributed by atoms with van der Waals surface area (Å²) in [4.78, 5) is 2.14. The average Bonchev–Trinajstić information content (AvgIpc) is 2.30. The molecule has 0 spiro atoms. The molecular formula is C11H12N2OS. The van der Waals surface area contributed by atoms with Crippen LogP contribution in [0.3, 0.4) is 0 Å². The van der Waals surface area contributed by atoms with Gasteiger partial charge in [0.1, 0.15) is 6.07 Å². The molecule has 1 fully saturated rings. The van der Waals surface area contributed by atoms with Gasteiger partial charge >= 0.3 is 0 Å². The molecule has 0 radical (unpaired) electrons. The maximum absolute atomic E-state index is 11.2. The zero-order valence-corrected chi connectivity index (χ0v) is 9.17. The minimum Gasteiger partial charge on any atom is -0.369 e. The van der Waals surface area contributed by atoms with Crippen LogP contribution in [0.5, 0.6) is 0 Å². The maximum Gasteiger partial charge on any atom is 0.101 e. The first kappa shape index (κ1) is 10.2. The molecule has 1 aromatic carbocycles. The van der Waals surface area contributed by atoms with E-state index in [0.29, 0.717) is 17.1 Å². The van der Waals surface area contributed by atoms with Crippen LogP contribution in [0.25, 0.3) is 0 Å². The van der Waals surface area contributed by atoms with Gasteiger partial charge in [0.15, 0.2) is 0 Å². The van der Waals surface area contributed by atoms with E-state index < -0.39 is 10.8 Å². The fourth-order valence-electron chi connectivity index (χ4n) is 1.72. The van der Waals surface area contributed by atoms with Crippen LogP contribution in [0.15, 0.2) is 24.3 Å². The summed E-state index contributed by atoms with van der Waals surface area (Å²) < 4.78 is 11.2. The van der Waals surface area contributed by atoms with Crippen LogP contribution in [0.4, 0.5) is 5.69 Å². The van der Waals surface area contributed by atoms with Gasteiger partial charge in [0.25, 0.3) is 0 Å². The van der Waals surface area contributed by atoms with E-state index in [9.17, 15) is 4.21 Å². The van der Waals surface area contributed by atoms with Gasteiger partial charge in [0.05, 0.1) is 11.3 Å². The lowest BCUT2D eigenvalue weighted by atomic mass is 10.2. The number of para-hydroxylation sites is 1. The van der Waals surface area contributed by atoms with Gasteiger partial charge in [-0.1, -0.05) is 12.1 Å². The Bertz CT molecular complexity index is 415. The molecule has 0 amide bonds. The van der Waals surface area contributed by atoms with Gasteiger partial charge < -0.3 is 4.90 Å². The number of benzene rings is 1. The number of hydrogen-bond donors (Lipinski definition) is 0. The lowest BCUT2D eigenvalue weighted by Gasteiger charge is -2.28. The lowest BCUT2D eigenvalue weighted by molar-refractivity contribution is 0.673. The second-order valence-electron chi connectivity index (χ2n) is 3.46. The third kappa shape index (κ3) is 2.18. The quantitative estimate of drug-likeness (QED) is 0.712. The summed E-state index contributed by atoms with van der Waals surface area (Å²) in [5.41, 5.74) is 1.67. The number of rotatable bonds is 1. The van der Waals surface area contributed by atoms with Crippen LogP contribution in [-0.4, -0.2) is 28.8 Å². The Labute approximate surface area is 91.8 Å². The molecule has 0 unspecified atom stereocenters. The maximum atomic E-state index is 11.2. The molecule has 1 aliphatic heterocycles. The molecule has 1 heterocycles. The van der Waals surface area contributed by atoms with Gasteiger partial charge in [0, 0.05) is 35.4 Å². The Hall–Kier alpha value is -1.34. The highest BCUT2D eigenvalue weighted by molar-refractivity contribution is 7.85. The van der Waals surface area contributed by atoms with Crippen molar-refractivity contribution in [1.82, 2.24) is 0 Å². The molecule has 1 saturated heterocycles. The third-order valence-electron chi connectivity index (χ3n) is 2.54. The summed E-state index contributed by atoms with van der Waals surface area (Å²) in [7, 11) is -0.668. The van der Waals surface area contributed by atoms with E-state index in [1.165, 1.54) is 0 Å². The minimum absolute atomic E-state index is 0.668. The number of nitrogens with zero attached hydrogens (tertiary/aromatic N) is 2. The number of anilines is 1. The molecule has 78 valence electrons. The first-order chi connectivity index (χ1) is 7.31. The Morgan fingerprint density at radius 1 is 1.27 bits per heavy atom. The topological polar surface area (TPSA) is 44.1 Å². The fraction of sp³-hybridized carbons (Fsp3) is 0.364. The molecule has 1 aliphatic rings. The summed E-state index contributed by atoms with van der Waals surface area (Å²) in [6, 6.07) is 9.76. The van der Waals surface area contributed by atoms with Crippen molar-refractivity contribution >= 4 is 16.5 Å². The molecule has 4 heteroatoms. The smallest absolute Gasteiger partial charge is 0.101 e. The van der Waals surface area contributed by atoms with Crippen LogP contribution in [0.2, 0.25) is 0 Å². The number of nitriles is 1. The Kier molecular flexibility index (Phi) is 3.02. The summed E-state index contributed by atoms with van der Waals surface area (Å²) >= 11 is 0. The SMILES string of the molecule is N#Cc1ccccc1N1CCS(=O)CC1. The minimum atomic E-state index is -0.668. The largest absolute Gasteiger partial charge is 0.369 e. The monoisotopic (exact) mass is 220 g/mol. The van der Waals surface area contributed by atoms with E-state index in [1.807, 2.05) is 24.3 Å². The van der Waals surface area contributed by atoms with E-state index in [0.717, 1.165) is 18.8 Å². The molecular weight excluding hydrogens is 208 g/mol. The van der Waals surface area contributed by atoms with E-state index in [1.54, 1.807) is 0 Å². The molecule has 0 atom stereocenters. The predicted molar refractivity (Wildman–Crippen MR) is 61.2 cm³/mol. The van der Waals surface area contributed by atoms with Crippen LogP contribution in [0, 0.1) is 11.3 Å². The Morgan fingerprint density at radius 3 is 2.60 bits per heavy atom. The zero-order valence-electron chi connectivity index (χ0n) is 8.35. The highest BCUT2D eigenvalue weighted by atomic mass is 32.2. The van der Waals surface area contributed by atoms with E-state index >= 15 is 0 Å². The van der Waals surface area contributed by atoms with E-state index in [-0.39, 0.29) is 0 Å². The van der Waals surface area contributed by atoms with Crippen LogP contribution >= 0.6 is 0 Å². The van der Waals surface area contributed by atoms with Crippen molar-refractivity contribution < 1.29 is 4.21 Å². The Morgan fingerprint density at radius 2 is 1.93 bits per heavy atom. The molecule has 0 bridgehead atoms. The van der Waals surface area contributed by atoms with Crippen LogP contribution in [-0.2, 0) is 10.8 Å². The first-order valence-electron chi connectivity index (χ1n) is 4.90. The van der Waals surface area contributed by atoms with E-state index in [2.05, 4.69) is 11.0 Å². The highest BCUT2D eigenvalue weighted by Crippen LogP contribution is 2.20. The zero-order chi connectivity index (χ0) is 10.7. The average molecular weight is 220 g/mol. The molecule has 15 heavy (non-hydrogen) atoms. The molecule has 1 aromatic rings. The van der Waals surface area contributed by atoms with Gasteiger partial charge in [-0.2, -0.15) is 5.26 Å². The van der Waals surface area contributed by atoms with Crippen molar-refractivity contribution in [3.63, 3.8) is 0 Å². The van der Waals surface area contributed by atoms with Gasteiger partial charge in [-0.15, -0.1) is 0 Å². The normalized spacial score (nSPS) is 17.4. The molecule has 0 aliphatic carbocycles. The standard InChI is InChI=1S/C11H12N2OS/c12-9-10-3-1-2-4-11(10)13-5-7-15(14)8-6-13/h1-4H,5-8H2. The molecule has 0 N–H and O–H groups in total. The van der Waals surface area contributed by atoms with Gasteiger partial charge in [-0.05, 0) is 12.1 Å². The second-order valence-corrected chi connectivity index (χ2v) is 5.16.